The number of halogens is 2. The fraction of sp³-hybridized carbons (Fsp3) is 0.316. The molecule has 1 fully saturated rings. The lowest BCUT2D eigenvalue weighted by atomic mass is 9.92. The van der Waals surface area contributed by atoms with E-state index in [1.807, 2.05) is 24.3 Å². The molecule has 2 aliphatic rings. The average molecular weight is 345 g/mol. The summed E-state index contributed by atoms with van der Waals surface area (Å²) in [5.74, 6) is -0.419. The van der Waals surface area contributed by atoms with Gasteiger partial charge in [0.2, 0.25) is 0 Å². The number of fused-ring (bicyclic) bond motifs is 2. The van der Waals surface area contributed by atoms with Gasteiger partial charge in [-0.05, 0) is 29.7 Å². The van der Waals surface area contributed by atoms with Gasteiger partial charge in [-0.25, -0.2) is 0 Å². The van der Waals surface area contributed by atoms with Gasteiger partial charge in [0.1, 0.15) is 11.4 Å². The molecule has 0 aliphatic carbocycles. The number of benzene rings is 2. The zero-order valence-corrected chi connectivity index (χ0v) is 13.5. The van der Waals surface area contributed by atoms with Crippen LogP contribution < -0.4 is 4.74 Å². The molecule has 1 spiro atoms. The van der Waals surface area contributed by atoms with Gasteiger partial charge in [0.25, 0.3) is 5.91 Å². The Labute approximate surface area is 144 Å². The molecule has 2 heterocycles. The third-order valence-corrected chi connectivity index (χ3v) is 4.86. The van der Waals surface area contributed by atoms with Crippen LogP contribution in [0.5, 0.6) is 5.75 Å². The molecule has 0 radical (unpaired) electrons. The number of ether oxygens (including phenoxy) is 2. The molecule has 25 heavy (non-hydrogen) atoms. The molecular weight excluding hydrogens is 328 g/mol. The number of likely N-dealkylation sites (tertiary alicyclic amines) is 1. The van der Waals surface area contributed by atoms with Crippen LogP contribution >= 0.6 is 0 Å². The fourth-order valence-electron chi connectivity index (χ4n) is 3.69. The number of hydrogen-bond donors (Lipinski definition) is 0. The molecule has 2 aromatic rings. The number of nitrogens with zero attached hydrogens (tertiary/aromatic N) is 1. The fourth-order valence-corrected chi connectivity index (χ4v) is 3.69. The van der Waals surface area contributed by atoms with Crippen molar-refractivity contribution in [2.45, 2.75) is 25.2 Å². The van der Waals surface area contributed by atoms with Crippen molar-refractivity contribution in [1.29, 1.82) is 0 Å². The van der Waals surface area contributed by atoms with Crippen molar-refractivity contribution in [3.05, 3.63) is 65.2 Å². The van der Waals surface area contributed by atoms with Crippen molar-refractivity contribution in [3.8, 4) is 5.75 Å². The molecule has 6 heteroatoms. The SMILES string of the molecule is O=C(c1ccccc1OC(F)F)N1CC[C@]2(C1)OCc1ccccc12. The molecule has 130 valence electrons. The molecule has 0 saturated carbocycles. The van der Waals surface area contributed by atoms with Crippen LogP contribution in [0.4, 0.5) is 8.78 Å². The Balaban J connectivity index is 1.58. The summed E-state index contributed by atoms with van der Waals surface area (Å²) in [7, 11) is 0. The third-order valence-electron chi connectivity index (χ3n) is 4.86. The molecule has 0 unspecified atom stereocenters. The molecule has 1 atom stereocenters. The van der Waals surface area contributed by atoms with Crippen molar-refractivity contribution >= 4 is 5.91 Å². The van der Waals surface area contributed by atoms with Crippen molar-refractivity contribution in [2.75, 3.05) is 13.1 Å². The van der Waals surface area contributed by atoms with E-state index in [4.69, 9.17) is 4.74 Å². The van der Waals surface area contributed by atoms with Gasteiger partial charge in [-0.1, -0.05) is 36.4 Å². The van der Waals surface area contributed by atoms with Gasteiger partial charge in [-0.3, -0.25) is 4.79 Å². The van der Waals surface area contributed by atoms with Gasteiger partial charge in [0.15, 0.2) is 0 Å². The largest absolute Gasteiger partial charge is 0.434 e. The monoisotopic (exact) mass is 345 g/mol. The van der Waals surface area contributed by atoms with Crippen LogP contribution in [0.25, 0.3) is 0 Å². The second-order valence-electron chi connectivity index (χ2n) is 6.29. The summed E-state index contributed by atoms with van der Waals surface area (Å²) >= 11 is 0. The maximum atomic E-state index is 12.8. The van der Waals surface area contributed by atoms with Gasteiger partial charge in [-0.2, -0.15) is 8.78 Å². The maximum Gasteiger partial charge on any atom is 0.387 e. The number of para-hydroxylation sites is 1. The lowest BCUT2D eigenvalue weighted by Crippen LogP contribution is -2.34. The highest BCUT2D eigenvalue weighted by Crippen LogP contribution is 2.43. The van der Waals surface area contributed by atoms with Gasteiger partial charge in [-0.15, -0.1) is 0 Å². The molecule has 2 aliphatic heterocycles. The van der Waals surface area contributed by atoms with Crippen molar-refractivity contribution in [1.82, 2.24) is 4.90 Å². The Morgan fingerprint density at radius 2 is 1.92 bits per heavy atom. The Morgan fingerprint density at radius 1 is 1.16 bits per heavy atom. The molecule has 1 amide bonds. The predicted molar refractivity (Wildman–Crippen MR) is 86.5 cm³/mol. The Morgan fingerprint density at radius 3 is 2.76 bits per heavy atom. The molecule has 4 nitrogen and oxygen atoms in total. The highest BCUT2D eigenvalue weighted by molar-refractivity contribution is 5.97. The first-order valence-corrected chi connectivity index (χ1v) is 8.14. The summed E-state index contributed by atoms with van der Waals surface area (Å²) < 4.78 is 35.7. The van der Waals surface area contributed by atoms with Crippen LogP contribution in [0.2, 0.25) is 0 Å². The number of carbonyl (C=O) groups is 1. The summed E-state index contributed by atoms with van der Waals surface area (Å²) in [6.45, 7) is -1.52. The van der Waals surface area contributed by atoms with E-state index >= 15 is 0 Å². The molecule has 0 aromatic heterocycles. The standard InChI is InChI=1S/C19H17F2NO3/c20-18(21)25-16-8-4-2-6-14(16)17(23)22-10-9-19(12-22)15-7-3-1-5-13(15)11-24-19/h1-8,18H,9-12H2/t19-/m1/s1. The van der Waals surface area contributed by atoms with Crippen LogP contribution in [0.1, 0.15) is 27.9 Å². The number of carbonyl (C=O) groups excluding carboxylic acids is 1. The first-order valence-electron chi connectivity index (χ1n) is 8.14. The van der Waals surface area contributed by atoms with Crippen LogP contribution in [0, 0.1) is 0 Å². The summed E-state index contributed by atoms with van der Waals surface area (Å²) in [5.41, 5.74) is 1.90. The van der Waals surface area contributed by atoms with Gasteiger partial charge in [0, 0.05) is 6.54 Å². The highest BCUT2D eigenvalue weighted by atomic mass is 19.3. The quantitative estimate of drug-likeness (QED) is 0.854. The summed E-state index contributed by atoms with van der Waals surface area (Å²) in [5, 5.41) is 0. The highest BCUT2D eigenvalue weighted by Gasteiger charge is 2.47. The minimum atomic E-state index is -2.97. The summed E-state index contributed by atoms with van der Waals surface area (Å²) in [6.07, 6.45) is 0.688. The normalized spacial score (nSPS) is 21.8. The molecule has 0 bridgehead atoms. The third kappa shape index (κ3) is 2.76. The zero-order chi connectivity index (χ0) is 17.4. The van der Waals surface area contributed by atoms with E-state index in [1.54, 1.807) is 17.0 Å². The van der Waals surface area contributed by atoms with Crippen molar-refractivity contribution < 1.29 is 23.0 Å². The van der Waals surface area contributed by atoms with Crippen LogP contribution in [-0.2, 0) is 16.9 Å². The lowest BCUT2D eigenvalue weighted by molar-refractivity contribution is -0.0504. The average Bonchev–Trinajstić information content (AvgIpc) is 3.20. The second kappa shape index (κ2) is 6.11. The van der Waals surface area contributed by atoms with Crippen molar-refractivity contribution in [2.24, 2.45) is 0 Å². The second-order valence-corrected chi connectivity index (χ2v) is 6.29. The first kappa shape index (κ1) is 16.0. The van der Waals surface area contributed by atoms with Crippen molar-refractivity contribution in [3.63, 3.8) is 0 Å². The van der Waals surface area contributed by atoms with E-state index < -0.39 is 12.2 Å². The predicted octanol–water partition coefficient (Wildman–Crippen LogP) is 3.56. The summed E-state index contributed by atoms with van der Waals surface area (Å²) in [4.78, 5) is 14.5. The van der Waals surface area contributed by atoms with Gasteiger partial charge < -0.3 is 14.4 Å². The zero-order valence-electron chi connectivity index (χ0n) is 13.5. The smallest absolute Gasteiger partial charge is 0.387 e. The van der Waals surface area contributed by atoms with Crippen LogP contribution in [0.3, 0.4) is 0 Å². The van der Waals surface area contributed by atoms with Gasteiger partial charge in [0.05, 0.1) is 18.7 Å². The van der Waals surface area contributed by atoms with E-state index in [1.165, 1.54) is 12.1 Å². The maximum absolute atomic E-state index is 12.8. The number of rotatable bonds is 3. The lowest BCUT2D eigenvalue weighted by Gasteiger charge is -2.25. The van der Waals surface area contributed by atoms with E-state index in [2.05, 4.69) is 4.74 Å². The van der Waals surface area contributed by atoms with Gasteiger partial charge >= 0.3 is 6.61 Å². The molecule has 1 saturated heterocycles. The Kier molecular flexibility index (Phi) is 3.92. The minimum absolute atomic E-state index is 0.101. The molecule has 4 rings (SSSR count). The molecule has 2 aromatic carbocycles. The van der Waals surface area contributed by atoms with E-state index in [-0.39, 0.29) is 17.2 Å². The molecule has 0 N–H and O–H groups in total. The topological polar surface area (TPSA) is 38.8 Å². The molecular formula is C19H17F2NO3. The first-order chi connectivity index (χ1) is 12.1. The Bertz CT molecular complexity index is 811. The van der Waals surface area contributed by atoms with Crippen LogP contribution in [0.15, 0.2) is 48.5 Å². The number of hydrogen-bond acceptors (Lipinski definition) is 3. The van der Waals surface area contributed by atoms with E-state index in [0.717, 1.165) is 11.1 Å². The summed E-state index contributed by atoms with van der Waals surface area (Å²) in [6, 6.07) is 14.1. The van der Waals surface area contributed by atoms with Crippen LogP contribution in [-0.4, -0.2) is 30.5 Å². The van der Waals surface area contributed by atoms with E-state index in [0.29, 0.717) is 26.1 Å². The Hall–Kier alpha value is -2.47. The minimum Gasteiger partial charge on any atom is -0.434 e. The number of amides is 1. The van der Waals surface area contributed by atoms with E-state index in [9.17, 15) is 13.6 Å². The number of alkyl halides is 2.